The van der Waals surface area contributed by atoms with Crippen LogP contribution in [0.25, 0.3) is 0 Å². The zero-order valence-electron chi connectivity index (χ0n) is 12.0. The molecule has 2 rings (SSSR count). The number of nitrogens with two attached hydrogens (primary N) is 1. The van der Waals surface area contributed by atoms with Crippen LogP contribution in [-0.4, -0.2) is 11.9 Å². The van der Waals surface area contributed by atoms with Crippen LogP contribution in [0.1, 0.15) is 55.8 Å². The Labute approximate surface area is 129 Å². The zero-order chi connectivity index (χ0) is 14.5. The number of halogens is 1. The fraction of sp³-hybridized carbons (Fsp3) is 0.562. The summed E-state index contributed by atoms with van der Waals surface area (Å²) < 4.78 is 0.774. The van der Waals surface area contributed by atoms with Crippen molar-refractivity contribution in [2.24, 2.45) is 5.92 Å². The number of benzene rings is 1. The molecule has 20 heavy (non-hydrogen) atoms. The van der Waals surface area contributed by atoms with E-state index in [1.807, 2.05) is 0 Å². The molecule has 110 valence electrons. The van der Waals surface area contributed by atoms with Gasteiger partial charge in [0.1, 0.15) is 0 Å². The molecule has 1 saturated carbocycles. The molecule has 0 aliphatic heterocycles. The Bertz CT molecular complexity index is 470. The van der Waals surface area contributed by atoms with E-state index >= 15 is 0 Å². The van der Waals surface area contributed by atoms with Crippen LogP contribution in [0.2, 0.25) is 0 Å². The molecular formula is C16H23BrN2O. The molecule has 0 heterocycles. The van der Waals surface area contributed by atoms with Gasteiger partial charge < -0.3 is 11.1 Å². The lowest BCUT2D eigenvalue weighted by molar-refractivity contribution is 0.0911. The van der Waals surface area contributed by atoms with Gasteiger partial charge in [-0.1, -0.05) is 26.2 Å². The first-order valence-electron chi connectivity index (χ1n) is 7.47. The van der Waals surface area contributed by atoms with Gasteiger partial charge in [0.25, 0.3) is 5.91 Å². The molecule has 3 N–H and O–H groups in total. The Kier molecular flexibility index (Phi) is 5.46. The average Bonchev–Trinajstić information content (AvgIpc) is 2.48. The molecule has 1 fully saturated rings. The van der Waals surface area contributed by atoms with Gasteiger partial charge >= 0.3 is 0 Å². The van der Waals surface area contributed by atoms with E-state index in [9.17, 15) is 4.79 Å². The topological polar surface area (TPSA) is 55.1 Å². The summed E-state index contributed by atoms with van der Waals surface area (Å²) in [5.41, 5.74) is 7.08. The molecule has 1 aliphatic rings. The highest BCUT2D eigenvalue weighted by molar-refractivity contribution is 9.10. The lowest BCUT2D eigenvalue weighted by Gasteiger charge is -2.30. The monoisotopic (exact) mass is 338 g/mol. The summed E-state index contributed by atoms with van der Waals surface area (Å²) >= 11 is 3.37. The number of nitrogen functional groups attached to an aromatic ring is 1. The molecule has 1 amide bonds. The number of rotatable bonds is 4. The number of anilines is 1. The first-order valence-corrected chi connectivity index (χ1v) is 8.27. The van der Waals surface area contributed by atoms with E-state index in [1.165, 1.54) is 32.1 Å². The Morgan fingerprint density at radius 2 is 2.10 bits per heavy atom. The molecule has 1 aromatic rings. The summed E-state index contributed by atoms with van der Waals surface area (Å²) in [5, 5.41) is 3.20. The number of carbonyl (C=O) groups excluding carboxylic acids is 1. The van der Waals surface area contributed by atoms with Crippen LogP contribution in [0, 0.1) is 5.92 Å². The van der Waals surface area contributed by atoms with Crippen LogP contribution in [0.3, 0.4) is 0 Å². The quantitative estimate of drug-likeness (QED) is 0.811. The Morgan fingerprint density at radius 1 is 1.40 bits per heavy atom. The first kappa shape index (κ1) is 15.4. The molecule has 1 atom stereocenters. The predicted octanol–water partition coefficient (Wildman–Crippen LogP) is 4.12. The lowest BCUT2D eigenvalue weighted by Crippen LogP contribution is -2.40. The van der Waals surface area contributed by atoms with Crippen molar-refractivity contribution >= 4 is 27.5 Å². The maximum atomic E-state index is 12.3. The molecule has 0 saturated heterocycles. The third-order valence-corrected chi connectivity index (χ3v) is 4.92. The van der Waals surface area contributed by atoms with E-state index in [4.69, 9.17) is 5.73 Å². The van der Waals surface area contributed by atoms with Gasteiger partial charge in [0.15, 0.2) is 0 Å². The molecule has 1 unspecified atom stereocenters. The Balaban J connectivity index is 2.02. The van der Waals surface area contributed by atoms with Crippen LogP contribution in [0.5, 0.6) is 0 Å². The number of hydrogen-bond acceptors (Lipinski definition) is 2. The molecule has 1 aromatic carbocycles. The fourth-order valence-electron chi connectivity index (χ4n) is 3.01. The highest BCUT2D eigenvalue weighted by Gasteiger charge is 2.24. The largest absolute Gasteiger partial charge is 0.398 e. The van der Waals surface area contributed by atoms with Crippen molar-refractivity contribution in [2.75, 3.05) is 5.73 Å². The predicted molar refractivity (Wildman–Crippen MR) is 86.7 cm³/mol. The van der Waals surface area contributed by atoms with E-state index in [2.05, 4.69) is 28.2 Å². The summed E-state index contributed by atoms with van der Waals surface area (Å²) in [6, 6.07) is 5.63. The maximum absolute atomic E-state index is 12.3. The SMILES string of the molecule is CCC(NC(=O)c1ccc(N)c(Br)c1)C1CCCCC1. The van der Waals surface area contributed by atoms with Crippen LogP contribution in [-0.2, 0) is 0 Å². The maximum Gasteiger partial charge on any atom is 0.251 e. The van der Waals surface area contributed by atoms with Crippen LogP contribution >= 0.6 is 15.9 Å². The van der Waals surface area contributed by atoms with Gasteiger partial charge in [-0.3, -0.25) is 4.79 Å². The molecule has 0 aromatic heterocycles. The summed E-state index contributed by atoms with van der Waals surface area (Å²) in [6.07, 6.45) is 7.40. The van der Waals surface area contributed by atoms with Gasteiger partial charge in [-0.25, -0.2) is 0 Å². The number of amides is 1. The summed E-state index contributed by atoms with van der Waals surface area (Å²) in [5.74, 6) is 0.637. The van der Waals surface area contributed by atoms with Gasteiger partial charge in [-0.15, -0.1) is 0 Å². The zero-order valence-corrected chi connectivity index (χ0v) is 13.6. The average molecular weight is 339 g/mol. The van der Waals surface area contributed by atoms with Crippen molar-refractivity contribution in [1.29, 1.82) is 0 Å². The smallest absolute Gasteiger partial charge is 0.251 e. The van der Waals surface area contributed by atoms with Gasteiger partial charge in [-0.2, -0.15) is 0 Å². The molecule has 1 aliphatic carbocycles. The van der Waals surface area contributed by atoms with E-state index in [0.29, 0.717) is 23.2 Å². The van der Waals surface area contributed by atoms with Crippen LogP contribution < -0.4 is 11.1 Å². The van der Waals surface area contributed by atoms with Gasteiger partial charge in [0.05, 0.1) is 0 Å². The van der Waals surface area contributed by atoms with Gasteiger partial charge in [0, 0.05) is 21.8 Å². The van der Waals surface area contributed by atoms with Crippen molar-refractivity contribution in [2.45, 2.75) is 51.5 Å². The Hall–Kier alpha value is -1.03. The van der Waals surface area contributed by atoms with Crippen molar-refractivity contribution in [3.8, 4) is 0 Å². The standard InChI is InChI=1S/C16H23BrN2O/c1-2-15(11-6-4-3-5-7-11)19-16(20)12-8-9-14(18)13(17)10-12/h8-11,15H,2-7,18H2,1H3,(H,19,20). The second-order valence-electron chi connectivity index (χ2n) is 5.62. The first-order chi connectivity index (χ1) is 9.61. The van der Waals surface area contributed by atoms with E-state index in [-0.39, 0.29) is 5.91 Å². The minimum absolute atomic E-state index is 0.00289. The number of carbonyl (C=O) groups is 1. The highest BCUT2D eigenvalue weighted by Crippen LogP contribution is 2.28. The second-order valence-corrected chi connectivity index (χ2v) is 6.48. The molecule has 0 bridgehead atoms. The van der Waals surface area contributed by atoms with Crippen molar-refractivity contribution in [1.82, 2.24) is 5.32 Å². The lowest BCUT2D eigenvalue weighted by atomic mass is 9.83. The fourth-order valence-corrected chi connectivity index (χ4v) is 3.39. The minimum Gasteiger partial charge on any atom is -0.398 e. The van der Waals surface area contributed by atoms with Gasteiger partial charge in [-0.05, 0) is 59.3 Å². The normalized spacial score (nSPS) is 17.7. The van der Waals surface area contributed by atoms with E-state index in [0.717, 1.165) is 10.9 Å². The van der Waals surface area contributed by atoms with Gasteiger partial charge in [0.2, 0.25) is 0 Å². The third kappa shape index (κ3) is 3.75. The summed E-state index contributed by atoms with van der Waals surface area (Å²) in [7, 11) is 0. The van der Waals surface area contributed by atoms with Crippen molar-refractivity contribution < 1.29 is 4.79 Å². The van der Waals surface area contributed by atoms with Crippen LogP contribution in [0.15, 0.2) is 22.7 Å². The van der Waals surface area contributed by atoms with Crippen molar-refractivity contribution in [3.05, 3.63) is 28.2 Å². The molecule has 0 spiro atoms. The number of hydrogen-bond donors (Lipinski definition) is 2. The molecular weight excluding hydrogens is 316 g/mol. The van der Waals surface area contributed by atoms with Crippen LogP contribution in [0.4, 0.5) is 5.69 Å². The van der Waals surface area contributed by atoms with E-state index in [1.54, 1.807) is 18.2 Å². The summed E-state index contributed by atoms with van der Waals surface area (Å²) in [6.45, 7) is 2.15. The van der Waals surface area contributed by atoms with E-state index < -0.39 is 0 Å². The third-order valence-electron chi connectivity index (χ3n) is 4.24. The summed E-state index contributed by atoms with van der Waals surface area (Å²) in [4.78, 5) is 12.3. The molecule has 3 nitrogen and oxygen atoms in total. The highest BCUT2D eigenvalue weighted by atomic mass is 79.9. The second kappa shape index (κ2) is 7.11. The minimum atomic E-state index is 0.00289. The molecule has 4 heteroatoms. The van der Waals surface area contributed by atoms with Crippen molar-refractivity contribution in [3.63, 3.8) is 0 Å². The molecule has 0 radical (unpaired) electrons. The Morgan fingerprint density at radius 3 is 2.70 bits per heavy atom. The number of nitrogens with one attached hydrogen (secondary N) is 1.